The van der Waals surface area contributed by atoms with Crippen molar-refractivity contribution < 1.29 is 14.7 Å². The Morgan fingerprint density at radius 2 is 1.54 bits per heavy atom. The first kappa shape index (κ1) is 24.0. The van der Waals surface area contributed by atoms with Crippen LogP contribution in [0.4, 0.5) is 5.69 Å². The van der Waals surface area contributed by atoms with Crippen LogP contribution in [0.5, 0.6) is 0 Å². The first-order valence-electron chi connectivity index (χ1n) is 11.5. The summed E-state index contributed by atoms with van der Waals surface area (Å²) in [4.78, 5) is 28.0. The Labute approximate surface area is 205 Å². The Bertz CT molecular complexity index is 1390. The van der Waals surface area contributed by atoms with E-state index in [0.29, 0.717) is 22.4 Å². The Morgan fingerprint density at radius 1 is 0.914 bits per heavy atom. The average molecular weight is 465 g/mol. The maximum atomic E-state index is 13.3. The number of aryl methyl sites for hydroxylation is 2. The highest BCUT2D eigenvalue weighted by molar-refractivity contribution is 6.51. The highest BCUT2D eigenvalue weighted by atomic mass is 16.3. The topological polar surface area (TPSA) is 81.4 Å². The summed E-state index contributed by atoms with van der Waals surface area (Å²) in [6, 6.07) is 21.0. The van der Waals surface area contributed by atoms with Crippen LogP contribution < -0.4 is 4.90 Å². The summed E-state index contributed by atoms with van der Waals surface area (Å²) in [5.74, 6) is -1.66. The number of aliphatic hydroxyl groups excluding tert-OH is 1. The van der Waals surface area contributed by atoms with E-state index >= 15 is 0 Å². The van der Waals surface area contributed by atoms with E-state index in [1.165, 1.54) is 4.90 Å². The molecule has 0 saturated carbocycles. The van der Waals surface area contributed by atoms with Gasteiger partial charge in [-0.05, 0) is 71.8 Å². The van der Waals surface area contributed by atoms with Crippen LogP contribution in [-0.2, 0) is 15.0 Å². The number of carbonyl (C=O) groups is 2. The van der Waals surface area contributed by atoms with Crippen molar-refractivity contribution in [1.29, 1.82) is 5.26 Å². The average Bonchev–Trinajstić information content (AvgIpc) is 3.10. The van der Waals surface area contributed by atoms with Gasteiger partial charge in [0, 0.05) is 11.3 Å². The number of Topliss-reactive ketones (excluding diaryl/α,β-unsaturated/α-hetero) is 1. The number of hydrogen-bond donors (Lipinski definition) is 1. The van der Waals surface area contributed by atoms with Crippen LogP contribution in [0.25, 0.3) is 5.76 Å². The summed E-state index contributed by atoms with van der Waals surface area (Å²) >= 11 is 0. The number of hydrogen-bond acceptors (Lipinski definition) is 4. The first-order chi connectivity index (χ1) is 16.5. The van der Waals surface area contributed by atoms with E-state index in [9.17, 15) is 14.7 Å². The van der Waals surface area contributed by atoms with E-state index in [4.69, 9.17) is 5.26 Å². The molecule has 1 fully saturated rings. The van der Waals surface area contributed by atoms with Gasteiger partial charge in [-0.15, -0.1) is 0 Å². The molecule has 1 N–H and O–H groups in total. The Balaban J connectivity index is 1.93. The monoisotopic (exact) mass is 464 g/mol. The van der Waals surface area contributed by atoms with Crippen molar-refractivity contribution in [3.05, 3.63) is 106 Å². The first-order valence-corrected chi connectivity index (χ1v) is 11.5. The van der Waals surface area contributed by atoms with E-state index in [0.717, 1.165) is 16.7 Å². The van der Waals surface area contributed by atoms with Crippen LogP contribution >= 0.6 is 0 Å². The lowest BCUT2D eigenvalue weighted by Gasteiger charge is -2.26. The van der Waals surface area contributed by atoms with Gasteiger partial charge in [-0.25, -0.2) is 0 Å². The fourth-order valence-electron chi connectivity index (χ4n) is 4.32. The predicted molar refractivity (Wildman–Crippen MR) is 137 cm³/mol. The second-order valence-electron chi connectivity index (χ2n) is 10.00. The lowest BCUT2D eigenvalue weighted by atomic mass is 9.85. The van der Waals surface area contributed by atoms with Crippen LogP contribution in [-0.4, -0.2) is 16.8 Å². The minimum Gasteiger partial charge on any atom is -0.507 e. The van der Waals surface area contributed by atoms with Gasteiger partial charge in [0.2, 0.25) is 0 Å². The summed E-state index contributed by atoms with van der Waals surface area (Å²) in [6.45, 7) is 10.3. The number of nitrogens with zero attached hydrogens (tertiary/aromatic N) is 2. The van der Waals surface area contributed by atoms with Crippen LogP contribution in [0.3, 0.4) is 0 Å². The zero-order valence-corrected chi connectivity index (χ0v) is 20.6. The lowest BCUT2D eigenvalue weighted by molar-refractivity contribution is -0.132. The number of carbonyl (C=O) groups excluding carboxylic acids is 2. The van der Waals surface area contributed by atoms with Gasteiger partial charge >= 0.3 is 0 Å². The molecule has 3 aromatic carbocycles. The Hall–Kier alpha value is -4.17. The second-order valence-corrected chi connectivity index (χ2v) is 10.00. The third-order valence-corrected chi connectivity index (χ3v) is 6.59. The van der Waals surface area contributed by atoms with Gasteiger partial charge in [0.1, 0.15) is 5.76 Å². The summed E-state index contributed by atoms with van der Waals surface area (Å²) in [6.07, 6.45) is 0. The van der Waals surface area contributed by atoms with Crippen molar-refractivity contribution in [2.24, 2.45) is 0 Å². The minimum atomic E-state index is -0.807. The molecule has 3 aromatic rings. The van der Waals surface area contributed by atoms with Gasteiger partial charge in [0.25, 0.3) is 11.7 Å². The van der Waals surface area contributed by atoms with Crippen molar-refractivity contribution in [2.45, 2.75) is 46.1 Å². The standard InChI is InChI=1S/C30H28N2O3/c1-18-6-9-22(16-19(18)2)27(33)25-26(21-10-12-23(13-11-21)30(3,4)5)32(29(35)28(25)34)24-14-7-20(17-31)8-15-24/h6-16,26,33H,1-5H3/b27-25-. The number of aliphatic hydroxyl groups is 1. The van der Waals surface area contributed by atoms with Gasteiger partial charge in [-0.1, -0.05) is 57.2 Å². The molecule has 0 bridgehead atoms. The maximum absolute atomic E-state index is 13.3. The lowest BCUT2D eigenvalue weighted by Crippen LogP contribution is -2.29. The zero-order chi connectivity index (χ0) is 25.5. The van der Waals surface area contributed by atoms with Gasteiger partial charge in [0.15, 0.2) is 0 Å². The summed E-state index contributed by atoms with van der Waals surface area (Å²) in [7, 11) is 0. The molecule has 5 nitrogen and oxygen atoms in total. The molecule has 0 aromatic heterocycles. The SMILES string of the molecule is Cc1ccc(/C(O)=C2/C(=O)C(=O)N(c3ccc(C#N)cc3)C2c2ccc(C(C)(C)C)cc2)cc1C. The minimum absolute atomic E-state index is 0.0473. The van der Waals surface area contributed by atoms with Crippen molar-refractivity contribution in [3.8, 4) is 6.07 Å². The van der Waals surface area contributed by atoms with Crippen LogP contribution in [0.2, 0.25) is 0 Å². The Morgan fingerprint density at radius 3 is 2.09 bits per heavy atom. The van der Waals surface area contributed by atoms with Crippen LogP contribution in [0.15, 0.2) is 72.3 Å². The third kappa shape index (κ3) is 4.36. The fourth-order valence-corrected chi connectivity index (χ4v) is 4.32. The summed E-state index contributed by atoms with van der Waals surface area (Å²) < 4.78 is 0. The van der Waals surface area contributed by atoms with Crippen LogP contribution in [0.1, 0.15) is 60.2 Å². The molecule has 1 amide bonds. The second kappa shape index (κ2) is 8.88. The molecule has 1 aliphatic heterocycles. The molecule has 1 saturated heterocycles. The molecule has 5 heteroatoms. The quantitative estimate of drug-likeness (QED) is 0.288. The number of anilines is 1. The van der Waals surface area contributed by atoms with Gasteiger partial charge in [0.05, 0.1) is 23.2 Å². The van der Waals surface area contributed by atoms with Crippen molar-refractivity contribution >= 4 is 23.1 Å². The smallest absolute Gasteiger partial charge is 0.300 e. The number of amides is 1. The molecule has 1 atom stereocenters. The normalized spacial score (nSPS) is 17.5. The number of benzene rings is 3. The van der Waals surface area contributed by atoms with E-state index in [2.05, 4.69) is 26.8 Å². The van der Waals surface area contributed by atoms with Gasteiger partial charge < -0.3 is 5.11 Å². The molecule has 35 heavy (non-hydrogen) atoms. The molecule has 0 aliphatic carbocycles. The van der Waals surface area contributed by atoms with E-state index in [1.807, 2.05) is 50.2 Å². The predicted octanol–water partition coefficient (Wildman–Crippen LogP) is 6.10. The Kier molecular flexibility index (Phi) is 6.08. The number of rotatable bonds is 3. The van der Waals surface area contributed by atoms with E-state index in [1.54, 1.807) is 30.3 Å². The van der Waals surface area contributed by atoms with Crippen LogP contribution in [0, 0.1) is 25.2 Å². The highest BCUT2D eigenvalue weighted by Crippen LogP contribution is 2.42. The molecular weight excluding hydrogens is 436 g/mol. The fraction of sp³-hybridized carbons (Fsp3) is 0.233. The molecule has 1 heterocycles. The maximum Gasteiger partial charge on any atom is 0.300 e. The van der Waals surface area contributed by atoms with Gasteiger partial charge in [-0.3, -0.25) is 14.5 Å². The highest BCUT2D eigenvalue weighted by Gasteiger charge is 2.47. The van der Waals surface area contributed by atoms with Crippen molar-refractivity contribution in [3.63, 3.8) is 0 Å². The third-order valence-electron chi connectivity index (χ3n) is 6.59. The van der Waals surface area contributed by atoms with E-state index < -0.39 is 17.7 Å². The molecule has 1 aliphatic rings. The van der Waals surface area contributed by atoms with Crippen molar-refractivity contribution in [2.75, 3.05) is 4.90 Å². The number of ketones is 1. The van der Waals surface area contributed by atoms with Crippen molar-refractivity contribution in [1.82, 2.24) is 0 Å². The molecule has 1 unspecified atom stereocenters. The van der Waals surface area contributed by atoms with E-state index in [-0.39, 0.29) is 16.7 Å². The summed E-state index contributed by atoms with van der Waals surface area (Å²) in [5, 5.41) is 20.5. The molecule has 0 radical (unpaired) electrons. The molecule has 176 valence electrons. The zero-order valence-electron chi connectivity index (χ0n) is 20.6. The number of nitriles is 1. The molecule has 0 spiro atoms. The molecule has 4 rings (SSSR count). The molecular formula is C30H28N2O3. The van der Waals surface area contributed by atoms with Gasteiger partial charge in [-0.2, -0.15) is 5.26 Å². The largest absolute Gasteiger partial charge is 0.507 e. The summed E-state index contributed by atoms with van der Waals surface area (Å²) in [5.41, 5.74) is 5.27.